The number of ether oxygens (including phenoxy) is 1. The van der Waals surface area contributed by atoms with Gasteiger partial charge in [0, 0.05) is 13.1 Å². The molecule has 1 saturated heterocycles. The van der Waals surface area contributed by atoms with E-state index in [9.17, 15) is 9.59 Å². The number of hydrogen-bond acceptors (Lipinski definition) is 3. The Bertz CT molecular complexity index is 721. The number of nitrogens with one attached hydrogen (secondary N) is 1. The Kier molecular flexibility index (Phi) is 5.24. The lowest BCUT2D eigenvalue weighted by Gasteiger charge is -2.37. The maximum atomic E-state index is 12.8. The van der Waals surface area contributed by atoms with Crippen LogP contribution in [0.25, 0.3) is 0 Å². The summed E-state index contributed by atoms with van der Waals surface area (Å²) in [5.41, 5.74) is 2.17. The van der Waals surface area contributed by atoms with E-state index in [4.69, 9.17) is 4.74 Å². The van der Waals surface area contributed by atoms with Gasteiger partial charge >= 0.3 is 6.09 Å². The molecule has 1 aromatic rings. The Morgan fingerprint density at radius 2 is 1.89 bits per heavy atom. The van der Waals surface area contributed by atoms with Gasteiger partial charge in [-0.1, -0.05) is 38.1 Å². The summed E-state index contributed by atoms with van der Waals surface area (Å²) >= 11 is 0. The summed E-state index contributed by atoms with van der Waals surface area (Å²) in [7, 11) is 0. The van der Waals surface area contributed by atoms with Gasteiger partial charge in [0.25, 0.3) is 0 Å². The number of fused-ring (bicyclic) bond motifs is 1. The molecule has 3 rings (SSSR count). The van der Waals surface area contributed by atoms with E-state index in [1.54, 1.807) is 4.90 Å². The quantitative estimate of drug-likeness (QED) is 0.847. The van der Waals surface area contributed by atoms with Crippen molar-refractivity contribution in [2.24, 2.45) is 5.92 Å². The van der Waals surface area contributed by atoms with Crippen LogP contribution in [-0.2, 0) is 14.9 Å². The zero-order valence-corrected chi connectivity index (χ0v) is 17.2. The molecule has 148 valence electrons. The molecule has 0 aromatic heterocycles. The second-order valence-corrected chi connectivity index (χ2v) is 9.48. The predicted octanol–water partition coefficient (Wildman–Crippen LogP) is 4.17. The molecule has 5 nitrogen and oxygen atoms in total. The van der Waals surface area contributed by atoms with Crippen LogP contribution in [0.15, 0.2) is 24.3 Å². The van der Waals surface area contributed by atoms with Crippen LogP contribution in [-0.4, -0.2) is 35.6 Å². The van der Waals surface area contributed by atoms with Crippen LogP contribution in [0.4, 0.5) is 4.79 Å². The van der Waals surface area contributed by atoms with Gasteiger partial charge in [0.2, 0.25) is 5.91 Å². The van der Waals surface area contributed by atoms with E-state index in [0.29, 0.717) is 19.5 Å². The van der Waals surface area contributed by atoms with Crippen molar-refractivity contribution in [3.8, 4) is 0 Å². The van der Waals surface area contributed by atoms with Gasteiger partial charge in [-0.3, -0.25) is 4.79 Å². The molecule has 27 heavy (non-hydrogen) atoms. The predicted molar refractivity (Wildman–Crippen MR) is 105 cm³/mol. The first kappa shape index (κ1) is 19.7. The Balaban J connectivity index is 1.63. The first-order chi connectivity index (χ1) is 12.6. The summed E-state index contributed by atoms with van der Waals surface area (Å²) in [5.74, 6) is -0.125. The number of hydrogen-bond donors (Lipinski definition) is 1. The molecule has 0 radical (unpaired) electrons. The van der Waals surface area contributed by atoms with Gasteiger partial charge in [0.1, 0.15) is 5.60 Å². The van der Waals surface area contributed by atoms with Crippen molar-refractivity contribution >= 4 is 12.0 Å². The maximum absolute atomic E-state index is 12.8. The molecule has 2 amide bonds. The highest BCUT2D eigenvalue weighted by molar-refractivity contribution is 5.81. The van der Waals surface area contributed by atoms with Crippen molar-refractivity contribution in [1.82, 2.24) is 10.2 Å². The zero-order valence-electron chi connectivity index (χ0n) is 17.2. The van der Waals surface area contributed by atoms with Crippen molar-refractivity contribution in [3.05, 3.63) is 35.4 Å². The second-order valence-electron chi connectivity index (χ2n) is 9.48. The summed E-state index contributed by atoms with van der Waals surface area (Å²) in [4.78, 5) is 26.7. The molecule has 2 atom stereocenters. The number of carbonyl (C=O) groups is 2. The minimum Gasteiger partial charge on any atom is -0.444 e. The number of rotatable bonds is 2. The first-order valence-corrected chi connectivity index (χ1v) is 9.94. The normalized spacial score (nSPS) is 24.3. The average Bonchev–Trinajstić information content (AvgIpc) is 3.06. The van der Waals surface area contributed by atoms with E-state index in [2.05, 4.69) is 37.4 Å². The average molecular weight is 373 g/mol. The molecular formula is C22H32N2O3. The largest absolute Gasteiger partial charge is 0.444 e. The van der Waals surface area contributed by atoms with Crippen LogP contribution in [0.2, 0.25) is 0 Å². The highest BCUT2D eigenvalue weighted by atomic mass is 16.6. The van der Waals surface area contributed by atoms with Crippen molar-refractivity contribution in [2.75, 3.05) is 13.1 Å². The summed E-state index contributed by atoms with van der Waals surface area (Å²) in [6.07, 6.45) is 2.34. The molecule has 1 fully saturated rings. The molecule has 0 bridgehead atoms. The standard InChI is InChI=1S/C22H32N2O3/c1-21(2,3)27-20(26)24-13-11-15(14-24)19(25)23-18-10-12-22(4,5)17-9-7-6-8-16(17)18/h6-9,15,18H,10-14H2,1-5H3,(H,23,25). The minimum absolute atomic E-state index is 0.0422. The molecule has 1 N–H and O–H groups in total. The van der Waals surface area contributed by atoms with Crippen LogP contribution < -0.4 is 5.32 Å². The lowest BCUT2D eigenvalue weighted by Crippen LogP contribution is -2.40. The van der Waals surface area contributed by atoms with E-state index < -0.39 is 5.60 Å². The van der Waals surface area contributed by atoms with Crippen LogP contribution in [0.5, 0.6) is 0 Å². The minimum atomic E-state index is -0.518. The zero-order chi connectivity index (χ0) is 19.8. The number of likely N-dealkylation sites (tertiary alicyclic amines) is 1. The molecule has 2 unspecified atom stereocenters. The monoisotopic (exact) mass is 372 g/mol. The molecule has 0 saturated carbocycles. The summed E-state index contributed by atoms with van der Waals surface area (Å²) in [5, 5.41) is 3.24. The number of carbonyl (C=O) groups excluding carboxylic acids is 2. The molecular weight excluding hydrogens is 340 g/mol. The van der Waals surface area contributed by atoms with Crippen LogP contribution in [0.1, 0.15) is 71.0 Å². The summed E-state index contributed by atoms with van der Waals surface area (Å²) in [6, 6.07) is 8.47. The fourth-order valence-electron chi connectivity index (χ4n) is 4.12. The molecule has 1 aliphatic carbocycles. The number of benzene rings is 1. The van der Waals surface area contributed by atoms with Crippen molar-refractivity contribution in [1.29, 1.82) is 0 Å². The van der Waals surface area contributed by atoms with Gasteiger partial charge in [-0.25, -0.2) is 4.79 Å². The third-order valence-corrected chi connectivity index (χ3v) is 5.65. The Hall–Kier alpha value is -2.04. The topological polar surface area (TPSA) is 58.6 Å². The summed E-state index contributed by atoms with van der Waals surface area (Å²) in [6.45, 7) is 11.1. The van der Waals surface area contributed by atoms with Gasteiger partial charge < -0.3 is 15.0 Å². The van der Waals surface area contributed by atoms with Crippen molar-refractivity contribution in [3.63, 3.8) is 0 Å². The second kappa shape index (κ2) is 7.17. The number of amides is 2. The smallest absolute Gasteiger partial charge is 0.410 e. The lowest BCUT2D eigenvalue weighted by molar-refractivity contribution is -0.125. The van der Waals surface area contributed by atoms with Gasteiger partial charge in [0.15, 0.2) is 0 Å². The van der Waals surface area contributed by atoms with E-state index in [0.717, 1.165) is 12.8 Å². The Morgan fingerprint density at radius 1 is 1.19 bits per heavy atom. The molecule has 1 aliphatic heterocycles. The van der Waals surface area contributed by atoms with Crippen molar-refractivity contribution in [2.45, 2.75) is 70.9 Å². The Labute approximate surface area is 162 Å². The van der Waals surface area contributed by atoms with Crippen LogP contribution >= 0.6 is 0 Å². The van der Waals surface area contributed by atoms with Gasteiger partial charge in [-0.15, -0.1) is 0 Å². The Morgan fingerprint density at radius 3 is 2.59 bits per heavy atom. The maximum Gasteiger partial charge on any atom is 0.410 e. The highest BCUT2D eigenvalue weighted by Gasteiger charge is 2.37. The van der Waals surface area contributed by atoms with Gasteiger partial charge in [-0.2, -0.15) is 0 Å². The molecule has 0 spiro atoms. The van der Waals surface area contributed by atoms with Gasteiger partial charge in [-0.05, 0) is 56.6 Å². The van der Waals surface area contributed by atoms with E-state index >= 15 is 0 Å². The fourth-order valence-corrected chi connectivity index (χ4v) is 4.12. The van der Waals surface area contributed by atoms with Crippen molar-refractivity contribution < 1.29 is 14.3 Å². The van der Waals surface area contributed by atoms with E-state index in [-0.39, 0.29) is 29.4 Å². The first-order valence-electron chi connectivity index (χ1n) is 9.94. The summed E-state index contributed by atoms with van der Waals surface area (Å²) < 4.78 is 5.42. The third-order valence-electron chi connectivity index (χ3n) is 5.65. The highest BCUT2D eigenvalue weighted by Crippen LogP contribution is 2.41. The van der Waals surface area contributed by atoms with Crippen LogP contribution in [0.3, 0.4) is 0 Å². The molecule has 2 aliphatic rings. The fraction of sp³-hybridized carbons (Fsp3) is 0.636. The lowest BCUT2D eigenvalue weighted by atomic mass is 9.71. The van der Waals surface area contributed by atoms with E-state index in [1.807, 2.05) is 26.8 Å². The molecule has 1 aromatic carbocycles. The van der Waals surface area contributed by atoms with E-state index in [1.165, 1.54) is 11.1 Å². The molecule has 5 heteroatoms. The molecule has 1 heterocycles. The SMILES string of the molecule is CC(C)(C)OC(=O)N1CCC(C(=O)NC2CCC(C)(C)c3ccccc32)C1. The number of nitrogens with zero attached hydrogens (tertiary/aromatic N) is 1. The third kappa shape index (κ3) is 4.45. The van der Waals surface area contributed by atoms with Gasteiger partial charge in [0.05, 0.1) is 12.0 Å². The van der Waals surface area contributed by atoms with Crippen LogP contribution in [0, 0.1) is 5.92 Å².